The fraction of sp³-hybridized carbons (Fsp3) is 0.769. The molecule has 0 spiro atoms. The molecule has 1 aromatic heterocycles. The molecule has 4 nitrogen and oxygen atoms in total. The number of aryl methyl sites for hydroxylation is 1. The lowest BCUT2D eigenvalue weighted by atomic mass is 9.94. The molecule has 6 heteroatoms. The monoisotopic (exact) mass is 299 g/mol. The second kappa shape index (κ2) is 5.79. The van der Waals surface area contributed by atoms with Gasteiger partial charge in [0.05, 0.1) is 5.25 Å². The van der Waals surface area contributed by atoms with Crippen molar-refractivity contribution in [1.82, 2.24) is 15.1 Å². The number of carbonyl (C=O) groups excluding carboxylic acids is 1. The number of piperidine rings is 1. The first kappa shape index (κ1) is 14.8. The lowest BCUT2D eigenvalue weighted by molar-refractivity contribution is -0.133. The average Bonchev–Trinajstić information content (AvgIpc) is 2.68. The summed E-state index contributed by atoms with van der Waals surface area (Å²) in [5, 5.41) is 9.09. The molecular formula is C13H21N3OS2. The molecule has 2 heterocycles. The van der Waals surface area contributed by atoms with Crippen molar-refractivity contribution in [3.05, 3.63) is 5.01 Å². The number of aromatic nitrogens is 2. The zero-order chi connectivity index (χ0) is 14.0. The number of thioether (sulfide) groups is 1. The normalized spacial score (nSPS) is 20.9. The van der Waals surface area contributed by atoms with Gasteiger partial charge in [-0.25, -0.2) is 0 Å². The molecule has 0 saturated carbocycles. The maximum atomic E-state index is 12.5. The summed E-state index contributed by atoms with van der Waals surface area (Å²) in [7, 11) is 0. The van der Waals surface area contributed by atoms with E-state index >= 15 is 0 Å². The number of likely N-dealkylation sites (tertiary alicyclic amines) is 1. The molecular weight excluding hydrogens is 278 g/mol. The molecule has 1 amide bonds. The Morgan fingerprint density at radius 2 is 2.16 bits per heavy atom. The number of rotatable bonds is 3. The van der Waals surface area contributed by atoms with Gasteiger partial charge in [0.15, 0.2) is 4.34 Å². The Kier molecular flexibility index (Phi) is 4.50. The van der Waals surface area contributed by atoms with Gasteiger partial charge in [-0.15, -0.1) is 10.2 Å². The Morgan fingerprint density at radius 1 is 1.42 bits per heavy atom. The summed E-state index contributed by atoms with van der Waals surface area (Å²) in [6.07, 6.45) is 2.03. The summed E-state index contributed by atoms with van der Waals surface area (Å²) in [6.45, 7) is 10.2. The molecule has 1 aliphatic rings. The molecule has 0 bridgehead atoms. The standard InChI is InChI=1S/C13H21N3OS2/c1-9-14-15-12(18-9)19-10-6-5-7-16(11(10)17)8-13(2,3)4/h10H,5-8H2,1-4H3/t10-/m1/s1. The third-order valence-electron chi connectivity index (χ3n) is 2.90. The highest BCUT2D eigenvalue weighted by molar-refractivity contribution is 8.02. The van der Waals surface area contributed by atoms with Gasteiger partial charge in [0.2, 0.25) is 5.91 Å². The Balaban J connectivity index is 2.00. The largest absolute Gasteiger partial charge is 0.341 e. The lowest BCUT2D eigenvalue weighted by Gasteiger charge is -2.35. The van der Waals surface area contributed by atoms with Crippen molar-refractivity contribution in [3.63, 3.8) is 0 Å². The van der Waals surface area contributed by atoms with Gasteiger partial charge >= 0.3 is 0 Å². The van der Waals surface area contributed by atoms with E-state index in [9.17, 15) is 4.79 Å². The third kappa shape index (κ3) is 4.18. The van der Waals surface area contributed by atoms with Crippen LogP contribution in [0.2, 0.25) is 0 Å². The van der Waals surface area contributed by atoms with Crippen LogP contribution in [-0.4, -0.2) is 39.3 Å². The lowest BCUT2D eigenvalue weighted by Crippen LogP contribution is -2.46. The van der Waals surface area contributed by atoms with E-state index in [1.807, 2.05) is 11.8 Å². The van der Waals surface area contributed by atoms with Crippen LogP contribution in [0.5, 0.6) is 0 Å². The van der Waals surface area contributed by atoms with E-state index in [-0.39, 0.29) is 16.6 Å². The smallest absolute Gasteiger partial charge is 0.236 e. The predicted octanol–water partition coefficient (Wildman–Crippen LogP) is 2.98. The quantitative estimate of drug-likeness (QED) is 0.861. The van der Waals surface area contributed by atoms with Gasteiger partial charge in [0.1, 0.15) is 5.01 Å². The Bertz CT molecular complexity index is 453. The van der Waals surface area contributed by atoms with Crippen LogP contribution in [0.1, 0.15) is 38.6 Å². The molecule has 106 valence electrons. The molecule has 0 N–H and O–H groups in total. The van der Waals surface area contributed by atoms with Gasteiger partial charge in [-0.2, -0.15) is 0 Å². The fourth-order valence-corrected chi connectivity index (χ4v) is 4.38. The fourth-order valence-electron chi connectivity index (χ4n) is 2.19. The number of nitrogens with zero attached hydrogens (tertiary/aromatic N) is 3. The summed E-state index contributed by atoms with van der Waals surface area (Å²) in [5.74, 6) is 0.263. The first-order chi connectivity index (χ1) is 8.85. The highest BCUT2D eigenvalue weighted by Crippen LogP contribution is 2.33. The number of hydrogen-bond acceptors (Lipinski definition) is 5. The zero-order valence-electron chi connectivity index (χ0n) is 12.0. The van der Waals surface area contributed by atoms with E-state index < -0.39 is 0 Å². The topological polar surface area (TPSA) is 46.1 Å². The highest BCUT2D eigenvalue weighted by Gasteiger charge is 2.32. The minimum Gasteiger partial charge on any atom is -0.341 e. The number of amides is 1. The molecule has 0 aliphatic carbocycles. The van der Waals surface area contributed by atoms with E-state index in [4.69, 9.17) is 0 Å². The van der Waals surface area contributed by atoms with Gasteiger partial charge in [-0.1, -0.05) is 43.9 Å². The molecule has 2 rings (SSSR count). The summed E-state index contributed by atoms with van der Waals surface area (Å²) in [4.78, 5) is 14.5. The summed E-state index contributed by atoms with van der Waals surface area (Å²) >= 11 is 3.14. The van der Waals surface area contributed by atoms with Crippen molar-refractivity contribution >= 4 is 29.0 Å². The Hall–Kier alpha value is -0.620. The van der Waals surface area contributed by atoms with Gasteiger partial charge in [0.25, 0.3) is 0 Å². The molecule has 1 saturated heterocycles. The van der Waals surface area contributed by atoms with Crippen molar-refractivity contribution in [3.8, 4) is 0 Å². The predicted molar refractivity (Wildman–Crippen MR) is 79.6 cm³/mol. The van der Waals surface area contributed by atoms with E-state index in [0.29, 0.717) is 0 Å². The third-order valence-corrected chi connectivity index (χ3v) is 5.07. The van der Waals surface area contributed by atoms with E-state index in [2.05, 4.69) is 31.0 Å². The molecule has 0 unspecified atom stereocenters. The van der Waals surface area contributed by atoms with Crippen LogP contribution in [-0.2, 0) is 4.79 Å². The van der Waals surface area contributed by atoms with E-state index in [0.717, 1.165) is 35.3 Å². The van der Waals surface area contributed by atoms with Gasteiger partial charge in [-0.3, -0.25) is 4.79 Å². The molecule has 1 fully saturated rings. The van der Waals surface area contributed by atoms with E-state index in [1.54, 1.807) is 23.1 Å². The molecule has 0 radical (unpaired) electrons. The number of carbonyl (C=O) groups is 1. The first-order valence-electron chi connectivity index (χ1n) is 6.61. The van der Waals surface area contributed by atoms with Crippen molar-refractivity contribution < 1.29 is 4.79 Å². The Labute approximate surface area is 123 Å². The van der Waals surface area contributed by atoms with E-state index in [1.165, 1.54) is 0 Å². The second-order valence-corrected chi connectivity index (χ2v) is 8.79. The van der Waals surface area contributed by atoms with Crippen LogP contribution in [0, 0.1) is 12.3 Å². The molecule has 19 heavy (non-hydrogen) atoms. The summed E-state index contributed by atoms with van der Waals surface area (Å²) < 4.78 is 0.911. The van der Waals surface area contributed by atoms with Gasteiger partial charge in [0, 0.05) is 13.1 Å². The Morgan fingerprint density at radius 3 is 2.74 bits per heavy atom. The van der Waals surface area contributed by atoms with Gasteiger partial charge < -0.3 is 4.90 Å². The minimum absolute atomic E-state index is 0.0171. The van der Waals surface area contributed by atoms with Crippen LogP contribution in [0.4, 0.5) is 0 Å². The number of hydrogen-bond donors (Lipinski definition) is 0. The summed E-state index contributed by atoms with van der Waals surface area (Å²) in [6, 6.07) is 0. The van der Waals surface area contributed by atoms with Crippen LogP contribution in [0.25, 0.3) is 0 Å². The van der Waals surface area contributed by atoms with Gasteiger partial charge in [-0.05, 0) is 25.2 Å². The highest BCUT2D eigenvalue weighted by atomic mass is 32.2. The second-order valence-electron chi connectivity index (χ2n) is 6.16. The zero-order valence-corrected chi connectivity index (χ0v) is 13.6. The van der Waals surface area contributed by atoms with Crippen molar-refractivity contribution in [2.75, 3.05) is 13.1 Å². The molecule has 1 aromatic rings. The molecule has 1 aliphatic heterocycles. The van der Waals surface area contributed by atoms with Crippen molar-refractivity contribution in [1.29, 1.82) is 0 Å². The SMILES string of the molecule is Cc1nnc(S[C@@H]2CCCN(CC(C)(C)C)C2=O)s1. The minimum atomic E-state index is 0.0171. The maximum absolute atomic E-state index is 12.5. The first-order valence-corrected chi connectivity index (χ1v) is 8.30. The van der Waals surface area contributed by atoms with Crippen LogP contribution >= 0.6 is 23.1 Å². The van der Waals surface area contributed by atoms with Crippen LogP contribution in [0.15, 0.2) is 4.34 Å². The van der Waals surface area contributed by atoms with Crippen LogP contribution < -0.4 is 0 Å². The average molecular weight is 299 g/mol. The summed E-state index contributed by atoms with van der Waals surface area (Å²) in [5.41, 5.74) is 0.154. The van der Waals surface area contributed by atoms with Crippen molar-refractivity contribution in [2.24, 2.45) is 5.41 Å². The van der Waals surface area contributed by atoms with Crippen molar-refractivity contribution in [2.45, 2.75) is 50.1 Å². The maximum Gasteiger partial charge on any atom is 0.236 e. The van der Waals surface area contributed by atoms with Crippen LogP contribution in [0.3, 0.4) is 0 Å². The molecule has 1 atom stereocenters. The molecule has 0 aromatic carbocycles.